The van der Waals surface area contributed by atoms with E-state index in [1.54, 1.807) is 12.4 Å². The van der Waals surface area contributed by atoms with Crippen LogP contribution in [0.5, 0.6) is 5.75 Å². The summed E-state index contributed by atoms with van der Waals surface area (Å²) in [5, 5.41) is 0. The van der Waals surface area contributed by atoms with Crippen LogP contribution in [0.25, 0.3) is 22.4 Å². The monoisotopic (exact) mass is 277 g/mol. The molecule has 0 saturated heterocycles. The predicted molar refractivity (Wildman–Crippen MR) is 82.9 cm³/mol. The van der Waals surface area contributed by atoms with Crippen LogP contribution in [0.2, 0.25) is 0 Å². The van der Waals surface area contributed by atoms with Crippen molar-refractivity contribution < 1.29 is 4.74 Å². The number of hydrogen-bond donors (Lipinski definition) is 1. The maximum atomic E-state index is 5.61. The zero-order valence-corrected chi connectivity index (χ0v) is 11.8. The Morgan fingerprint density at radius 3 is 2.81 bits per heavy atom. The van der Waals surface area contributed by atoms with Gasteiger partial charge in [0.15, 0.2) is 0 Å². The maximum absolute atomic E-state index is 5.61. The van der Waals surface area contributed by atoms with Crippen LogP contribution in [-0.2, 0) is 0 Å². The molecule has 0 atom stereocenters. The van der Waals surface area contributed by atoms with Crippen LogP contribution in [0.15, 0.2) is 42.7 Å². The van der Waals surface area contributed by atoms with Crippen molar-refractivity contribution in [2.75, 3.05) is 6.61 Å². The van der Waals surface area contributed by atoms with E-state index in [-0.39, 0.29) is 0 Å². The van der Waals surface area contributed by atoms with Crippen LogP contribution >= 0.6 is 0 Å². The van der Waals surface area contributed by atoms with E-state index < -0.39 is 0 Å². The van der Waals surface area contributed by atoms with Crippen LogP contribution < -0.4 is 4.74 Å². The number of fused-ring (bicyclic) bond motifs is 1. The molecule has 4 heteroatoms. The molecule has 1 aromatic carbocycles. The lowest BCUT2D eigenvalue weighted by Crippen LogP contribution is -1.95. The molecule has 2 aromatic heterocycles. The number of aromatic amines is 1. The highest BCUT2D eigenvalue weighted by atomic mass is 16.5. The van der Waals surface area contributed by atoms with Crippen LogP contribution in [0, 0.1) is 11.8 Å². The Morgan fingerprint density at radius 2 is 2.05 bits per heavy atom. The SMILES string of the molecule is CC#CCCOc1ccc(-c2nc3ccncc3[nH]2)cc1. The summed E-state index contributed by atoms with van der Waals surface area (Å²) in [5.41, 5.74) is 2.87. The van der Waals surface area contributed by atoms with E-state index >= 15 is 0 Å². The van der Waals surface area contributed by atoms with Crippen molar-refractivity contribution in [1.82, 2.24) is 15.0 Å². The molecule has 3 aromatic rings. The Balaban J connectivity index is 1.75. The molecule has 0 spiro atoms. The van der Waals surface area contributed by atoms with Crippen LogP contribution in [0.4, 0.5) is 0 Å². The maximum Gasteiger partial charge on any atom is 0.138 e. The molecule has 3 rings (SSSR count). The minimum atomic E-state index is 0.608. The predicted octanol–water partition coefficient (Wildman–Crippen LogP) is 3.42. The summed E-state index contributed by atoms with van der Waals surface area (Å²) < 4.78 is 5.61. The third kappa shape index (κ3) is 3.03. The lowest BCUT2D eigenvalue weighted by molar-refractivity contribution is 0.327. The van der Waals surface area contributed by atoms with Crippen LogP contribution in [0.3, 0.4) is 0 Å². The zero-order valence-electron chi connectivity index (χ0n) is 11.8. The van der Waals surface area contributed by atoms with Gasteiger partial charge in [-0.15, -0.1) is 11.8 Å². The lowest BCUT2D eigenvalue weighted by atomic mass is 10.2. The Labute approximate surface area is 123 Å². The molecule has 0 bridgehead atoms. The fourth-order valence-electron chi connectivity index (χ4n) is 2.05. The summed E-state index contributed by atoms with van der Waals surface area (Å²) in [6, 6.07) is 9.76. The second-order valence-electron chi connectivity index (χ2n) is 4.53. The Kier molecular flexibility index (Phi) is 3.83. The molecule has 4 nitrogen and oxygen atoms in total. The molecule has 21 heavy (non-hydrogen) atoms. The number of H-pyrrole nitrogens is 1. The first kappa shape index (κ1) is 13.2. The first-order chi connectivity index (χ1) is 10.4. The van der Waals surface area contributed by atoms with Gasteiger partial charge in [-0.2, -0.15) is 0 Å². The normalized spacial score (nSPS) is 10.1. The van der Waals surface area contributed by atoms with E-state index in [1.165, 1.54) is 0 Å². The largest absolute Gasteiger partial charge is 0.493 e. The van der Waals surface area contributed by atoms with Gasteiger partial charge in [0, 0.05) is 18.2 Å². The van der Waals surface area contributed by atoms with E-state index in [9.17, 15) is 0 Å². The highest BCUT2D eigenvalue weighted by Crippen LogP contribution is 2.22. The van der Waals surface area contributed by atoms with Gasteiger partial charge in [-0.3, -0.25) is 4.98 Å². The molecule has 0 saturated carbocycles. The van der Waals surface area contributed by atoms with Crippen molar-refractivity contribution in [3.63, 3.8) is 0 Å². The molecule has 0 aliphatic rings. The van der Waals surface area contributed by atoms with Gasteiger partial charge >= 0.3 is 0 Å². The van der Waals surface area contributed by atoms with Crippen molar-refractivity contribution >= 4 is 11.0 Å². The minimum absolute atomic E-state index is 0.608. The summed E-state index contributed by atoms with van der Waals surface area (Å²) in [4.78, 5) is 11.9. The van der Waals surface area contributed by atoms with Crippen LogP contribution in [0.1, 0.15) is 13.3 Å². The second kappa shape index (κ2) is 6.10. The van der Waals surface area contributed by atoms with Gasteiger partial charge in [-0.05, 0) is 37.3 Å². The van der Waals surface area contributed by atoms with Gasteiger partial charge < -0.3 is 9.72 Å². The molecule has 0 radical (unpaired) electrons. The molecule has 0 aliphatic heterocycles. The Hall–Kier alpha value is -2.80. The highest BCUT2D eigenvalue weighted by molar-refractivity contribution is 5.78. The number of nitrogens with zero attached hydrogens (tertiary/aromatic N) is 2. The van der Waals surface area contributed by atoms with Gasteiger partial charge in [-0.1, -0.05) is 0 Å². The molecule has 2 heterocycles. The fraction of sp³-hybridized carbons (Fsp3) is 0.176. The minimum Gasteiger partial charge on any atom is -0.493 e. The first-order valence-electron chi connectivity index (χ1n) is 6.79. The van der Waals surface area contributed by atoms with Gasteiger partial charge in [-0.25, -0.2) is 4.98 Å². The van der Waals surface area contributed by atoms with Gasteiger partial charge in [0.1, 0.15) is 11.6 Å². The van der Waals surface area contributed by atoms with E-state index in [4.69, 9.17) is 4.74 Å². The number of hydrogen-bond acceptors (Lipinski definition) is 3. The molecular formula is C17H15N3O. The lowest BCUT2D eigenvalue weighted by Gasteiger charge is -2.04. The summed E-state index contributed by atoms with van der Waals surface area (Å²) in [6.45, 7) is 2.44. The Morgan fingerprint density at radius 1 is 1.19 bits per heavy atom. The average molecular weight is 277 g/mol. The summed E-state index contributed by atoms with van der Waals surface area (Å²) >= 11 is 0. The van der Waals surface area contributed by atoms with Gasteiger partial charge in [0.25, 0.3) is 0 Å². The average Bonchev–Trinajstić information content (AvgIpc) is 2.96. The van der Waals surface area contributed by atoms with E-state index in [0.717, 1.165) is 34.6 Å². The first-order valence-corrected chi connectivity index (χ1v) is 6.79. The molecule has 1 N–H and O–H groups in total. The molecular weight excluding hydrogens is 262 g/mol. The number of imidazole rings is 1. The standard InChI is InChI=1S/C17H15N3O/c1-2-3-4-11-21-14-7-5-13(6-8-14)17-19-15-9-10-18-12-16(15)20-17/h5-10,12H,4,11H2,1H3,(H,19,20). The van der Waals surface area contributed by atoms with E-state index in [0.29, 0.717) is 6.61 Å². The van der Waals surface area contributed by atoms with Crippen LogP contribution in [-0.4, -0.2) is 21.6 Å². The molecule has 0 unspecified atom stereocenters. The van der Waals surface area contributed by atoms with E-state index in [2.05, 4.69) is 26.8 Å². The van der Waals surface area contributed by atoms with Crippen molar-refractivity contribution in [3.8, 4) is 29.0 Å². The Bertz CT molecular complexity index is 761. The summed E-state index contributed by atoms with van der Waals surface area (Å²) in [6.07, 6.45) is 4.26. The van der Waals surface area contributed by atoms with Crippen molar-refractivity contribution in [2.45, 2.75) is 13.3 Å². The quantitative estimate of drug-likeness (QED) is 0.587. The summed E-state index contributed by atoms with van der Waals surface area (Å²) in [7, 11) is 0. The topological polar surface area (TPSA) is 50.8 Å². The number of benzene rings is 1. The highest BCUT2D eigenvalue weighted by Gasteiger charge is 2.05. The molecule has 0 aliphatic carbocycles. The number of pyridine rings is 1. The molecule has 104 valence electrons. The fourth-order valence-corrected chi connectivity index (χ4v) is 2.05. The van der Waals surface area contributed by atoms with Crippen molar-refractivity contribution in [2.24, 2.45) is 0 Å². The second-order valence-corrected chi connectivity index (χ2v) is 4.53. The third-order valence-electron chi connectivity index (χ3n) is 3.08. The van der Waals surface area contributed by atoms with E-state index in [1.807, 2.05) is 37.3 Å². The zero-order chi connectivity index (χ0) is 14.5. The number of nitrogens with one attached hydrogen (secondary N) is 1. The summed E-state index contributed by atoms with van der Waals surface area (Å²) in [5.74, 6) is 7.50. The van der Waals surface area contributed by atoms with Gasteiger partial charge in [0.2, 0.25) is 0 Å². The number of aromatic nitrogens is 3. The molecule has 0 fully saturated rings. The van der Waals surface area contributed by atoms with Gasteiger partial charge in [0.05, 0.1) is 23.8 Å². The molecule has 0 amide bonds. The number of ether oxygens (including phenoxy) is 1. The number of rotatable bonds is 4. The van der Waals surface area contributed by atoms with Crippen molar-refractivity contribution in [1.29, 1.82) is 0 Å². The smallest absolute Gasteiger partial charge is 0.138 e. The third-order valence-corrected chi connectivity index (χ3v) is 3.08. The van der Waals surface area contributed by atoms with Crippen molar-refractivity contribution in [3.05, 3.63) is 42.7 Å².